The third kappa shape index (κ3) is 2.71. The van der Waals surface area contributed by atoms with Crippen molar-refractivity contribution in [1.29, 1.82) is 5.26 Å². The Kier molecular flexibility index (Phi) is 3.68. The molecule has 1 aromatic carbocycles. The number of anilines is 1. The summed E-state index contributed by atoms with van der Waals surface area (Å²) >= 11 is 3.21. The molecule has 1 N–H and O–H groups in total. The molecule has 0 amide bonds. The van der Waals surface area contributed by atoms with Gasteiger partial charge in [-0.05, 0) is 53.2 Å². The Labute approximate surface area is 112 Å². The predicted octanol–water partition coefficient (Wildman–Crippen LogP) is 4.23. The number of furan rings is 1. The first kappa shape index (κ1) is 12.7. The Hall–Kier alpha value is -1.80. The lowest BCUT2D eigenvalue weighted by atomic mass is 10.2. The highest BCUT2D eigenvalue weighted by molar-refractivity contribution is 9.10. The molecular weight excluding hydrogens is 299 g/mol. The van der Waals surface area contributed by atoms with E-state index in [1.54, 1.807) is 18.2 Å². The van der Waals surface area contributed by atoms with Gasteiger partial charge in [0.2, 0.25) is 0 Å². The zero-order valence-electron chi connectivity index (χ0n) is 9.58. The van der Waals surface area contributed by atoms with Gasteiger partial charge < -0.3 is 9.73 Å². The molecule has 1 atom stereocenters. The molecule has 0 spiro atoms. The second-order valence-electron chi connectivity index (χ2n) is 3.81. The molecule has 18 heavy (non-hydrogen) atoms. The number of rotatable bonds is 3. The highest BCUT2D eigenvalue weighted by atomic mass is 79.9. The maximum Gasteiger partial charge on any atom is 0.169 e. The predicted molar refractivity (Wildman–Crippen MR) is 69.6 cm³/mol. The molecule has 1 aromatic heterocycles. The first-order valence-corrected chi connectivity index (χ1v) is 6.11. The summed E-state index contributed by atoms with van der Waals surface area (Å²) in [6, 6.07) is 9.62. The summed E-state index contributed by atoms with van der Waals surface area (Å²) in [7, 11) is 0. The first-order valence-electron chi connectivity index (χ1n) is 5.31. The van der Waals surface area contributed by atoms with Gasteiger partial charge in [-0.3, -0.25) is 0 Å². The van der Waals surface area contributed by atoms with Gasteiger partial charge >= 0.3 is 0 Å². The SMILES string of the molecule is CC(Nc1ccc(C#N)cc1F)c1ccc(Br)o1. The zero-order valence-corrected chi connectivity index (χ0v) is 11.2. The highest BCUT2D eigenvalue weighted by Crippen LogP contribution is 2.25. The van der Waals surface area contributed by atoms with E-state index >= 15 is 0 Å². The van der Waals surface area contributed by atoms with Crippen molar-refractivity contribution in [2.24, 2.45) is 0 Å². The van der Waals surface area contributed by atoms with Crippen LogP contribution in [0.3, 0.4) is 0 Å². The van der Waals surface area contributed by atoms with E-state index in [0.717, 1.165) is 0 Å². The van der Waals surface area contributed by atoms with Crippen molar-refractivity contribution >= 4 is 21.6 Å². The van der Waals surface area contributed by atoms with Crippen LogP contribution in [0.5, 0.6) is 0 Å². The minimum atomic E-state index is -0.452. The molecule has 92 valence electrons. The number of hydrogen-bond acceptors (Lipinski definition) is 3. The average molecular weight is 309 g/mol. The molecule has 3 nitrogen and oxygen atoms in total. The molecule has 1 heterocycles. The number of hydrogen-bond donors (Lipinski definition) is 1. The lowest BCUT2D eigenvalue weighted by Gasteiger charge is -2.13. The quantitative estimate of drug-likeness (QED) is 0.923. The zero-order chi connectivity index (χ0) is 13.1. The summed E-state index contributed by atoms with van der Waals surface area (Å²) in [5.74, 6) is 0.247. The lowest BCUT2D eigenvalue weighted by molar-refractivity contribution is 0.470. The molecule has 0 aliphatic heterocycles. The van der Waals surface area contributed by atoms with E-state index in [2.05, 4.69) is 21.2 Å². The van der Waals surface area contributed by atoms with Crippen molar-refractivity contribution < 1.29 is 8.81 Å². The van der Waals surface area contributed by atoms with E-state index in [1.165, 1.54) is 6.07 Å². The molecule has 0 aliphatic rings. The Balaban J connectivity index is 2.17. The number of nitrogens with zero attached hydrogens (tertiary/aromatic N) is 1. The summed E-state index contributed by atoms with van der Waals surface area (Å²) < 4.78 is 19.7. The Morgan fingerprint density at radius 1 is 1.39 bits per heavy atom. The van der Waals surface area contributed by atoms with E-state index < -0.39 is 5.82 Å². The fourth-order valence-electron chi connectivity index (χ4n) is 1.57. The van der Waals surface area contributed by atoms with Crippen LogP contribution in [0.15, 0.2) is 39.4 Å². The molecule has 0 radical (unpaired) electrons. The van der Waals surface area contributed by atoms with Crippen molar-refractivity contribution in [2.75, 3.05) is 5.32 Å². The normalized spacial score (nSPS) is 11.9. The molecule has 0 fully saturated rings. The monoisotopic (exact) mass is 308 g/mol. The summed E-state index contributed by atoms with van der Waals surface area (Å²) in [5.41, 5.74) is 0.639. The average Bonchev–Trinajstić information content (AvgIpc) is 2.78. The van der Waals surface area contributed by atoms with Gasteiger partial charge in [0.15, 0.2) is 4.67 Å². The number of halogens is 2. The fraction of sp³-hybridized carbons (Fsp3) is 0.154. The molecule has 2 rings (SSSR count). The summed E-state index contributed by atoms with van der Waals surface area (Å²) in [5, 5.41) is 11.7. The van der Waals surface area contributed by atoms with Gasteiger partial charge in [0.05, 0.1) is 23.4 Å². The van der Waals surface area contributed by atoms with Crippen molar-refractivity contribution in [3.63, 3.8) is 0 Å². The Bertz CT molecular complexity index is 603. The van der Waals surface area contributed by atoms with E-state index in [0.29, 0.717) is 21.7 Å². The second-order valence-corrected chi connectivity index (χ2v) is 4.60. The number of nitriles is 1. The molecule has 1 unspecified atom stereocenters. The summed E-state index contributed by atoms with van der Waals surface area (Å²) in [4.78, 5) is 0. The van der Waals surface area contributed by atoms with Gasteiger partial charge in [0.25, 0.3) is 0 Å². The van der Waals surface area contributed by atoms with Crippen LogP contribution in [-0.2, 0) is 0 Å². The molecule has 0 saturated heterocycles. The van der Waals surface area contributed by atoms with Crippen LogP contribution in [0.1, 0.15) is 24.3 Å². The van der Waals surface area contributed by atoms with Gasteiger partial charge in [-0.25, -0.2) is 4.39 Å². The maximum absolute atomic E-state index is 13.7. The largest absolute Gasteiger partial charge is 0.452 e. The minimum Gasteiger partial charge on any atom is -0.452 e. The number of nitrogens with one attached hydrogen (secondary N) is 1. The molecule has 5 heteroatoms. The van der Waals surface area contributed by atoms with Crippen LogP contribution in [0.2, 0.25) is 0 Å². The van der Waals surface area contributed by atoms with E-state index in [1.807, 2.05) is 19.1 Å². The van der Waals surface area contributed by atoms with Crippen molar-refractivity contribution in [2.45, 2.75) is 13.0 Å². The molecule has 0 aliphatic carbocycles. The molecule has 2 aromatic rings. The van der Waals surface area contributed by atoms with Crippen molar-refractivity contribution in [1.82, 2.24) is 0 Å². The summed E-state index contributed by atoms with van der Waals surface area (Å²) in [6.45, 7) is 1.86. The fourth-order valence-corrected chi connectivity index (χ4v) is 1.89. The van der Waals surface area contributed by atoms with Crippen molar-refractivity contribution in [3.05, 3.63) is 52.1 Å². The van der Waals surface area contributed by atoms with Gasteiger partial charge in [-0.2, -0.15) is 5.26 Å². The van der Waals surface area contributed by atoms with E-state index in [9.17, 15) is 4.39 Å². The number of benzene rings is 1. The van der Waals surface area contributed by atoms with Gasteiger partial charge in [-0.1, -0.05) is 0 Å². The molecule has 0 bridgehead atoms. The summed E-state index contributed by atoms with van der Waals surface area (Å²) in [6.07, 6.45) is 0. The van der Waals surface area contributed by atoms with Gasteiger partial charge in [0.1, 0.15) is 11.6 Å². The molecular formula is C13H10BrFN2O. The van der Waals surface area contributed by atoms with E-state index in [-0.39, 0.29) is 6.04 Å². The highest BCUT2D eigenvalue weighted by Gasteiger charge is 2.12. The van der Waals surface area contributed by atoms with Crippen LogP contribution in [0, 0.1) is 17.1 Å². The van der Waals surface area contributed by atoms with Gasteiger partial charge in [-0.15, -0.1) is 0 Å². The maximum atomic E-state index is 13.7. The van der Waals surface area contributed by atoms with Crippen LogP contribution in [-0.4, -0.2) is 0 Å². The van der Waals surface area contributed by atoms with Crippen LogP contribution in [0.4, 0.5) is 10.1 Å². The third-order valence-electron chi connectivity index (χ3n) is 2.49. The van der Waals surface area contributed by atoms with Crippen molar-refractivity contribution in [3.8, 4) is 6.07 Å². The standard InChI is InChI=1S/C13H10BrFN2O/c1-8(12-4-5-13(14)18-12)17-11-3-2-9(7-16)6-10(11)15/h2-6,8,17H,1H3. The Morgan fingerprint density at radius 3 is 2.72 bits per heavy atom. The Morgan fingerprint density at radius 2 is 2.17 bits per heavy atom. The third-order valence-corrected chi connectivity index (χ3v) is 2.92. The van der Waals surface area contributed by atoms with Crippen LogP contribution in [0.25, 0.3) is 0 Å². The van der Waals surface area contributed by atoms with Crippen LogP contribution < -0.4 is 5.32 Å². The second kappa shape index (κ2) is 5.23. The topological polar surface area (TPSA) is 49.0 Å². The first-order chi connectivity index (χ1) is 8.60. The minimum absolute atomic E-state index is 0.168. The lowest BCUT2D eigenvalue weighted by Crippen LogP contribution is -2.07. The van der Waals surface area contributed by atoms with Gasteiger partial charge in [0, 0.05) is 0 Å². The van der Waals surface area contributed by atoms with Crippen LogP contribution >= 0.6 is 15.9 Å². The van der Waals surface area contributed by atoms with E-state index in [4.69, 9.17) is 9.68 Å². The molecule has 0 saturated carbocycles. The smallest absolute Gasteiger partial charge is 0.169 e.